The van der Waals surface area contributed by atoms with Crippen molar-refractivity contribution in [2.24, 2.45) is 0 Å². The van der Waals surface area contributed by atoms with Gasteiger partial charge in [0.25, 0.3) is 0 Å². The van der Waals surface area contributed by atoms with Crippen LogP contribution in [0.5, 0.6) is 0 Å². The number of halogens is 2. The number of hydrogen-bond acceptors (Lipinski definition) is 2. The van der Waals surface area contributed by atoms with Crippen molar-refractivity contribution in [1.82, 2.24) is 0 Å². The number of Topliss-reactive ketones (excluding diaryl/α,β-unsaturated/α-hetero) is 1. The lowest BCUT2D eigenvalue weighted by atomic mass is 10.0. The van der Waals surface area contributed by atoms with Gasteiger partial charge in [0.1, 0.15) is 5.78 Å². The Morgan fingerprint density at radius 3 is 2.47 bits per heavy atom. The van der Waals surface area contributed by atoms with Crippen molar-refractivity contribution in [2.45, 2.75) is 11.8 Å². The molecule has 1 atom stereocenters. The van der Waals surface area contributed by atoms with Crippen molar-refractivity contribution in [2.75, 3.05) is 0 Å². The molecule has 0 fully saturated rings. The minimum Gasteiger partial charge on any atom is -0.478 e. The molecule has 1 N–H and O–H groups in total. The minimum atomic E-state index is -1.04. The molecule has 0 spiro atoms. The van der Waals surface area contributed by atoms with E-state index in [-0.39, 0.29) is 11.3 Å². The van der Waals surface area contributed by atoms with E-state index in [9.17, 15) is 9.59 Å². The number of hydrogen-bond donors (Lipinski definition) is 1. The van der Waals surface area contributed by atoms with Gasteiger partial charge >= 0.3 is 5.97 Å². The average Bonchev–Trinajstić information content (AvgIpc) is 2.16. The predicted octanol–water partition coefficient (Wildman–Crippen LogP) is 3.17. The Labute approximate surface area is 104 Å². The van der Waals surface area contributed by atoms with Crippen molar-refractivity contribution in [1.29, 1.82) is 0 Å². The molecule has 0 heterocycles. The van der Waals surface area contributed by atoms with Crippen LogP contribution in [0.15, 0.2) is 22.7 Å². The molecule has 80 valence electrons. The first kappa shape index (κ1) is 12.4. The third kappa shape index (κ3) is 2.89. The zero-order valence-electron chi connectivity index (χ0n) is 7.83. The fourth-order valence-corrected chi connectivity index (χ4v) is 1.91. The van der Waals surface area contributed by atoms with Crippen molar-refractivity contribution < 1.29 is 14.7 Å². The molecule has 0 amide bonds. The van der Waals surface area contributed by atoms with E-state index in [0.717, 1.165) is 0 Å². The largest absolute Gasteiger partial charge is 0.478 e. The van der Waals surface area contributed by atoms with E-state index >= 15 is 0 Å². The van der Waals surface area contributed by atoms with Crippen LogP contribution in [-0.2, 0) is 4.79 Å². The lowest BCUT2D eigenvalue weighted by molar-refractivity contribution is -0.116. The fraction of sp³-hybridized carbons (Fsp3) is 0.200. The van der Waals surface area contributed by atoms with Crippen LogP contribution in [0.2, 0.25) is 0 Å². The third-order valence-electron chi connectivity index (χ3n) is 1.88. The van der Waals surface area contributed by atoms with Crippen LogP contribution in [0.1, 0.15) is 27.7 Å². The number of carboxylic acid groups (broad SMARTS) is 1. The van der Waals surface area contributed by atoms with Gasteiger partial charge in [-0.1, -0.05) is 37.9 Å². The highest BCUT2D eigenvalue weighted by atomic mass is 79.9. The third-order valence-corrected chi connectivity index (χ3v) is 3.51. The molecule has 1 aromatic carbocycles. The van der Waals surface area contributed by atoms with Crippen molar-refractivity contribution >= 4 is 43.6 Å². The molecule has 0 aliphatic carbocycles. The van der Waals surface area contributed by atoms with Gasteiger partial charge in [0.2, 0.25) is 0 Å². The first-order valence-electron chi connectivity index (χ1n) is 4.10. The first-order chi connectivity index (χ1) is 6.93. The SMILES string of the molecule is CC(=O)C(Br)c1ccc(Br)cc1C(=O)O. The van der Waals surface area contributed by atoms with Crippen LogP contribution in [0, 0.1) is 0 Å². The van der Waals surface area contributed by atoms with E-state index < -0.39 is 10.8 Å². The van der Waals surface area contributed by atoms with Crippen molar-refractivity contribution in [3.05, 3.63) is 33.8 Å². The van der Waals surface area contributed by atoms with Gasteiger partial charge in [0.15, 0.2) is 0 Å². The van der Waals surface area contributed by atoms with Gasteiger partial charge in [-0.15, -0.1) is 0 Å². The molecule has 1 unspecified atom stereocenters. The Bertz CT molecular complexity index is 415. The van der Waals surface area contributed by atoms with E-state index in [4.69, 9.17) is 5.11 Å². The van der Waals surface area contributed by atoms with Gasteiger partial charge in [-0.25, -0.2) is 4.79 Å². The minimum absolute atomic E-state index is 0.125. The van der Waals surface area contributed by atoms with Crippen LogP contribution in [-0.4, -0.2) is 16.9 Å². The summed E-state index contributed by atoms with van der Waals surface area (Å²) >= 11 is 6.35. The van der Waals surface area contributed by atoms with Crippen LogP contribution in [0.4, 0.5) is 0 Å². The molecule has 5 heteroatoms. The molecule has 0 bridgehead atoms. The molecule has 1 aromatic rings. The highest BCUT2D eigenvalue weighted by molar-refractivity contribution is 9.10. The zero-order valence-corrected chi connectivity index (χ0v) is 11.0. The normalized spacial score (nSPS) is 12.2. The maximum atomic E-state index is 11.2. The first-order valence-corrected chi connectivity index (χ1v) is 5.81. The number of aromatic carboxylic acids is 1. The molecule has 0 saturated heterocycles. The summed E-state index contributed by atoms with van der Waals surface area (Å²) < 4.78 is 0.673. The maximum absolute atomic E-state index is 11.2. The molecule has 0 aliphatic heterocycles. The van der Waals surface area contributed by atoms with Gasteiger partial charge in [0, 0.05) is 4.47 Å². The van der Waals surface area contributed by atoms with E-state index in [1.807, 2.05) is 0 Å². The molecular weight excluding hydrogens is 328 g/mol. The highest BCUT2D eigenvalue weighted by Gasteiger charge is 2.20. The lowest BCUT2D eigenvalue weighted by Gasteiger charge is -2.10. The lowest BCUT2D eigenvalue weighted by Crippen LogP contribution is -2.08. The second-order valence-electron chi connectivity index (χ2n) is 3.01. The molecule has 0 aliphatic rings. The Kier molecular flexibility index (Phi) is 4.04. The number of carbonyl (C=O) groups excluding carboxylic acids is 1. The Morgan fingerprint density at radius 2 is 2.00 bits per heavy atom. The zero-order chi connectivity index (χ0) is 11.6. The van der Waals surface area contributed by atoms with Gasteiger partial charge < -0.3 is 5.11 Å². The van der Waals surface area contributed by atoms with E-state index in [0.29, 0.717) is 10.0 Å². The quantitative estimate of drug-likeness (QED) is 0.863. The second kappa shape index (κ2) is 4.90. The van der Waals surface area contributed by atoms with Gasteiger partial charge in [0.05, 0.1) is 10.4 Å². The molecule has 0 saturated carbocycles. The number of benzene rings is 1. The highest BCUT2D eigenvalue weighted by Crippen LogP contribution is 2.29. The number of ketones is 1. The fourth-order valence-electron chi connectivity index (χ4n) is 1.15. The van der Waals surface area contributed by atoms with E-state index in [2.05, 4.69) is 31.9 Å². The smallest absolute Gasteiger partial charge is 0.336 e. The average molecular weight is 336 g/mol. The summed E-state index contributed by atoms with van der Waals surface area (Å²) in [6, 6.07) is 4.81. The van der Waals surface area contributed by atoms with Crippen LogP contribution in [0.25, 0.3) is 0 Å². The van der Waals surface area contributed by atoms with Crippen LogP contribution < -0.4 is 0 Å². The molecule has 1 rings (SSSR count). The predicted molar refractivity (Wildman–Crippen MR) is 63.5 cm³/mol. The van der Waals surface area contributed by atoms with Crippen LogP contribution in [0.3, 0.4) is 0 Å². The molecule has 3 nitrogen and oxygen atoms in total. The van der Waals surface area contributed by atoms with Crippen molar-refractivity contribution in [3.63, 3.8) is 0 Å². The van der Waals surface area contributed by atoms with Crippen molar-refractivity contribution in [3.8, 4) is 0 Å². The Balaban J connectivity index is 3.28. The Morgan fingerprint density at radius 1 is 1.40 bits per heavy atom. The maximum Gasteiger partial charge on any atom is 0.336 e. The number of alkyl halides is 1. The summed E-state index contributed by atoms with van der Waals surface area (Å²) in [6.07, 6.45) is 0. The van der Waals surface area contributed by atoms with Gasteiger partial charge in [-0.05, 0) is 24.6 Å². The molecular formula is C10H8Br2O3. The van der Waals surface area contributed by atoms with E-state index in [1.54, 1.807) is 12.1 Å². The molecule has 0 aromatic heterocycles. The van der Waals surface area contributed by atoms with Crippen LogP contribution >= 0.6 is 31.9 Å². The topological polar surface area (TPSA) is 54.4 Å². The number of rotatable bonds is 3. The standard InChI is InChI=1S/C10H8Br2O3/c1-5(13)9(12)7-3-2-6(11)4-8(7)10(14)15/h2-4,9H,1H3,(H,14,15). The van der Waals surface area contributed by atoms with Gasteiger partial charge in [-0.3, -0.25) is 4.79 Å². The van der Waals surface area contributed by atoms with Gasteiger partial charge in [-0.2, -0.15) is 0 Å². The Hall–Kier alpha value is -0.680. The summed E-state index contributed by atoms with van der Waals surface area (Å²) in [4.78, 5) is 21.5. The summed E-state index contributed by atoms with van der Waals surface area (Å²) in [5.41, 5.74) is 0.597. The summed E-state index contributed by atoms with van der Waals surface area (Å²) in [6.45, 7) is 1.41. The summed E-state index contributed by atoms with van der Waals surface area (Å²) in [5, 5.41) is 8.97. The monoisotopic (exact) mass is 334 g/mol. The summed E-state index contributed by atoms with van der Waals surface area (Å²) in [7, 11) is 0. The number of carboxylic acids is 1. The molecule has 15 heavy (non-hydrogen) atoms. The number of carbonyl (C=O) groups is 2. The second-order valence-corrected chi connectivity index (χ2v) is 4.84. The molecule has 0 radical (unpaired) electrons. The van der Waals surface area contributed by atoms with E-state index in [1.165, 1.54) is 13.0 Å². The summed E-state index contributed by atoms with van der Waals surface area (Å²) in [5.74, 6) is -1.17.